The lowest BCUT2D eigenvalue weighted by molar-refractivity contribution is 0.303. The number of ether oxygens (including phenoxy) is 1. The molecule has 1 aliphatic carbocycles. The van der Waals surface area contributed by atoms with Crippen molar-refractivity contribution in [3.63, 3.8) is 0 Å². The molecule has 0 radical (unpaired) electrons. The summed E-state index contributed by atoms with van der Waals surface area (Å²) in [5, 5.41) is 0. The summed E-state index contributed by atoms with van der Waals surface area (Å²) in [4.78, 5) is 0. The van der Waals surface area contributed by atoms with Gasteiger partial charge >= 0.3 is 0 Å². The minimum atomic E-state index is 0.609. The van der Waals surface area contributed by atoms with Gasteiger partial charge in [-0.15, -0.1) is 0 Å². The van der Waals surface area contributed by atoms with Crippen LogP contribution in [0.3, 0.4) is 0 Å². The van der Waals surface area contributed by atoms with Gasteiger partial charge in [-0.05, 0) is 51.2 Å². The van der Waals surface area contributed by atoms with E-state index >= 15 is 0 Å². The quantitative estimate of drug-likeness (QED) is 0.254. The van der Waals surface area contributed by atoms with Gasteiger partial charge < -0.3 is 4.74 Å². The summed E-state index contributed by atoms with van der Waals surface area (Å²) in [7, 11) is 1.76. The van der Waals surface area contributed by atoms with Gasteiger partial charge in [-0.2, -0.15) is 0 Å². The van der Waals surface area contributed by atoms with Crippen molar-refractivity contribution in [1.82, 2.24) is 0 Å². The van der Waals surface area contributed by atoms with Crippen molar-refractivity contribution < 1.29 is 4.74 Å². The molecule has 1 unspecified atom stereocenters. The summed E-state index contributed by atoms with van der Waals surface area (Å²) in [6.45, 7) is 4.29. The van der Waals surface area contributed by atoms with Crippen LogP contribution < -0.4 is 0 Å². The molecule has 1 saturated carbocycles. The minimum absolute atomic E-state index is 0.609. The number of unbranched alkanes of at least 4 members (excludes halogenated alkanes) is 3. The molecular weight excluding hydrogens is 220 g/mol. The van der Waals surface area contributed by atoms with Crippen molar-refractivity contribution in [2.45, 2.75) is 58.8 Å². The fraction of sp³-hybridized carbons (Fsp3) is 0.647. The second kappa shape index (κ2) is 9.02. The van der Waals surface area contributed by atoms with Gasteiger partial charge in [0.1, 0.15) is 5.76 Å². The monoisotopic (exact) mass is 248 g/mol. The second-order valence-electron chi connectivity index (χ2n) is 5.05. The van der Waals surface area contributed by atoms with Crippen LogP contribution in [0.2, 0.25) is 0 Å². The van der Waals surface area contributed by atoms with E-state index in [9.17, 15) is 0 Å². The largest absolute Gasteiger partial charge is 0.497 e. The van der Waals surface area contributed by atoms with Crippen LogP contribution in [0.5, 0.6) is 0 Å². The van der Waals surface area contributed by atoms with Gasteiger partial charge in [-0.3, -0.25) is 0 Å². The number of rotatable bonds is 7. The maximum Gasteiger partial charge on any atom is 0.115 e. The highest BCUT2D eigenvalue weighted by Gasteiger charge is 2.18. The van der Waals surface area contributed by atoms with E-state index < -0.39 is 0 Å². The van der Waals surface area contributed by atoms with Crippen molar-refractivity contribution in [1.29, 1.82) is 0 Å². The fourth-order valence-corrected chi connectivity index (χ4v) is 2.58. The summed E-state index contributed by atoms with van der Waals surface area (Å²) in [6, 6.07) is 0. The fourth-order valence-electron chi connectivity index (χ4n) is 2.58. The smallest absolute Gasteiger partial charge is 0.115 e. The molecule has 1 fully saturated rings. The second-order valence-corrected chi connectivity index (χ2v) is 5.05. The Bertz CT molecular complexity index is 310. The van der Waals surface area contributed by atoms with Crippen LogP contribution in [-0.2, 0) is 4.74 Å². The number of methoxy groups -OCH3 is 1. The standard InChI is InChI=1S/C17H28O/c1-4-6-7-8-11-15-12-9-13-16(15)14-17(18-3)10-5-2/h5,10-11,14,16H,4,6-9,12-13H2,1-3H3/b10-5-,15-11+,17-14?. The van der Waals surface area contributed by atoms with Crippen LogP contribution in [0.4, 0.5) is 0 Å². The number of allylic oxidation sites excluding steroid dienone is 5. The Morgan fingerprint density at radius 2 is 2.22 bits per heavy atom. The Hall–Kier alpha value is -0.980. The first kappa shape index (κ1) is 15.1. The van der Waals surface area contributed by atoms with Crippen molar-refractivity contribution in [3.8, 4) is 0 Å². The third-order valence-corrected chi connectivity index (χ3v) is 3.60. The molecule has 1 nitrogen and oxygen atoms in total. The molecule has 0 aromatic heterocycles. The topological polar surface area (TPSA) is 9.23 Å². The van der Waals surface area contributed by atoms with Crippen molar-refractivity contribution in [2.24, 2.45) is 5.92 Å². The van der Waals surface area contributed by atoms with Crippen molar-refractivity contribution in [2.75, 3.05) is 7.11 Å². The van der Waals surface area contributed by atoms with Crippen molar-refractivity contribution >= 4 is 0 Å². The summed E-state index contributed by atoms with van der Waals surface area (Å²) in [5.74, 6) is 1.61. The maximum absolute atomic E-state index is 5.39. The molecular formula is C17H28O. The SMILES string of the molecule is C/C=C\C(=CC1CCC/C1=C\CCCCC)OC. The highest BCUT2D eigenvalue weighted by Crippen LogP contribution is 2.33. The zero-order valence-electron chi connectivity index (χ0n) is 12.2. The van der Waals surface area contributed by atoms with Gasteiger partial charge in [-0.25, -0.2) is 0 Å². The lowest BCUT2D eigenvalue weighted by atomic mass is 9.99. The first-order valence-corrected chi connectivity index (χ1v) is 7.39. The summed E-state index contributed by atoms with van der Waals surface area (Å²) in [6.07, 6.45) is 18.0. The maximum atomic E-state index is 5.39. The Balaban J connectivity index is 2.58. The molecule has 0 aromatic carbocycles. The highest BCUT2D eigenvalue weighted by atomic mass is 16.5. The van der Waals surface area contributed by atoms with E-state index in [-0.39, 0.29) is 0 Å². The molecule has 0 aromatic rings. The third kappa shape index (κ3) is 5.12. The lowest BCUT2D eigenvalue weighted by Crippen LogP contribution is -1.95. The summed E-state index contributed by atoms with van der Waals surface area (Å²) < 4.78 is 5.39. The molecule has 18 heavy (non-hydrogen) atoms. The van der Waals surface area contributed by atoms with Gasteiger partial charge in [0.25, 0.3) is 0 Å². The predicted molar refractivity (Wildman–Crippen MR) is 79.5 cm³/mol. The predicted octanol–water partition coefficient (Wildman–Crippen LogP) is 5.40. The van der Waals surface area contributed by atoms with E-state index in [0.717, 1.165) is 5.76 Å². The molecule has 0 amide bonds. The van der Waals surface area contributed by atoms with Gasteiger partial charge in [0, 0.05) is 5.92 Å². The zero-order chi connectivity index (χ0) is 13.2. The van der Waals surface area contributed by atoms with E-state index in [2.05, 4.69) is 19.1 Å². The van der Waals surface area contributed by atoms with Crippen molar-refractivity contribution in [3.05, 3.63) is 35.6 Å². The van der Waals surface area contributed by atoms with Gasteiger partial charge in [0.2, 0.25) is 0 Å². The molecule has 1 aliphatic rings. The van der Waals surface area contributed by atoms with Crippen LogP contribution in [0, 0.1) is 5.92 Å². The van der Waals surface area contributed by atoms with E-state index in [1.165, 1.54) is 44.9 Å². The van der Waals surface area contributed by atoms with E-state index in [1.54, 1.807) is 12.7 Å². The molecule has 102 valence electrons. The van der Waals surface area contributed by atoms with Crippen LogP contribution in [-0.4, -0.2) is 7.11 Å². The van der Waals surface area contributed by atoms with E-state index in [4.69, 9.17) is 4.74 Å². The third-order valence-electron chi connectivity index (χ3n) is 3.60. The van der Waals surface area contributed by atoms with Gasteiger partial charge in [-0.1, -0.05) is 37.5 Å². The molecule has 0 bridgehead atoms. The Kier molecular flexibility index (Phi) is 7.55. The minimum Gasteiger partial charge on any atom is -0.497 e. The molecule has 0 N–H and O–H groups in total. The Morgan fingerprint density at radius 3 is 2.89 bits per heavy atom. The van der Waals surface area contributed by atoms with E-state index in [1.807, 2.05) is 19.1 Å². The van der Waals surface area contributed by atoms with Crippen LogP contribution in [0.1, 0.15) is 58.8 Å². The highest BCUT2D eigenvalue weighted by molar-refractivity contribution is 5.22. The number of hydrogen-bond donors (Lipinski definition) is 0. The van der Waals surface area contributed by atoms with Crippen LogP contribution in [0.25, 0.3) is 0 Å². The molecule has 1 atom stereocenters. The Labute approximate surface area is 113 Å². The average Bonchev–Trinajstić information content (AvgIpc) is 2.81. The first-order valence-electron chi connectivity index (χ1n) is 7.39. The molecule has 1 heteroatoms. The molecule has 0 heterocycles. The Morgan fingerprint density at radius 1 is 1.39 bits per heavy atom. The van der Waals surface area contributed by atoms with Gasteiger partial charge in [0.15, 0.2) is 0 Å². The van der Waals surface area contributed by atoms with E-state index in [0.29, 0.717) is 5.92 Å². The lowest BCUT2D eigenvalue weighted by Gasteiger charge is -2.09. The molecule has 1 rings (SSSR count). The van der Waals surface area contributed by atoms with Crippen LogP contribution >= 0.6 is 0 Å². The molecule has 0 spiro atoms. The summed E-state index contributed by atoms with van der Waals surface area (Å²) in [5.41, 5.74) is 1.63. The van der Waals surface area contributed by atoms with Gasteiger partial charge in [0.05, 0.1) is 7.11 Å². The number of hydrogen-bond acceptors (Lipinski definition) is 1. The molecule has 0 saturated heterocycles. The summed E-state index contributed by atoms with van der Waals surface area (Å²) >= 11 is 0. The molecule has 0 aliphatic heterocycles. The van der Waals surface area contributed by atoms with Crippen LogP contribution in [0.15, 0.2) is 35.6 Å². The average molecular weight is 248 g/mol. The first-order chi connectivity index (χ1) is 8.81. The zero-order valence-corrected chi connectivity index (χ0v) is 12.2. The normalized spacial score (nSPS) is 23.2.